The highest BCUT2D eigenvalue weighted by Gasteiger charge is 1.63. The first-order chi connectivity index (χ1) is 7.00. The van der Waals surface area contributed by atoms with Gasteiger partial charge in [0.1, 0.15) is 0 Å². The highest BCUT2D eigenvalue weighted by Crippen LogP contribution is 1.82. The zero-order valence-corrected chi connectivity index (χ0v) is 7.80. The first-order valence-electron chi connectivity index (χ1n) is 4.34. The minimum Gasteiger partial charge on any atom is -0.264 e. The fourth-order valence-corrected chi connectivity index (χ4v) is 0.746. The lowest BCUT2D eigenvalue weighted by atomic mass is 10.4. The van der Waals surface area contributed by atoms with Crippen LogP contribution in [0.15, 0.2) is 77.3 Å². The largest absolute Gasteiger partial charge is 0.264 e. The lowest BCUT2D eigenvalue weighted by Crippen LogP contribution is -1.58. The van der Waals surface area contributed by atoms with Gasteiger partial charge in [0.05, 0.1) is 0 Å². The van der Waals surface area contributed by atoms with Crippen molar-refractivity contribution < 1.29 is 0 Å². The maximum Gasteiger partial charge on any atom is 0.0344 e. The van der Waals surface area contributed by atoms with Gasteiger partial charge in [0.25, 0.3) is 0 Å². The molecule has 0 spiro atoms. The Morgan fingerprint density at radius 2 is 1.29 bits per heavy atom. The normalized spacial score (nSPS) is 24.0. The van der Waals surface area contributed by atoms with Crippen molar-refractivity contribution in [3.05, 3.63) is 72.3 Å². The maximum absolute atomic E-state index is 3.99. The van der Waals surface area contributed by atoms with Gasteiger partial charge in [-0.15, -0.1) is 11.5 Å². The molecule has 0 bridgehead atoms. The van der Waals surface area contributed by atoms with Gasteiger partial charge in [-0.1, -0.05) is 24.3 Å². The van der Waals surface area contributed by atoms with E-state index in [0.717, 1.165) is 0 Å². The molecule has 1 rings (SSSR count). The van der Waals surface area contributed by atoms with E-state index in [1.54, 1.807) is 24.6 Å². The van der Waals surface area contributed by atoms with E-state index < -0.39 is 0 Å². The summed E-state index contributed by atoms with van der Waals surface area (Å²) >= 11 is 0. The van der Waals surface area contributed by atoms with Crippen molar-refractivity contribution in [2.45, 2.75) is 0 Å². The molecule has 1 aliphatic rings. The molecule has 0 aromatic carbocycles. The molecule has 0 fully saturated rings. The zero-order chi connectivity index (χ0) is 9.90. The molecule has 0 saturated carbocycles. The molecule has 1 nitrogen and oxygen atoms in total. The summed E-state index contributed by atoms with van der Waals surface area (Å²) in [7, 11) is 0. The average Bonchev–Trinajstić information content (AvgIpc) is 2.22. The molecule has 0 saturated heterocycles. The number of hydrogen-bond donors (Lipinski definition) is 0. The second-order valence-corrected chi connectivity index (χ2v) is 2.41. The summed E-state index contributed by atoms with van der Waals surface area (Å²) in [4.78, 5) is 3.99. The third kappa shape index (κ3) is 5.56. The SMILES string of the molecule is C1=C/C=C\C=C/C=C=C/C=N\C=C/C=1. The summed E-state index contributed by atoms with van der Waals surface area (Å²) in [6, 6.07) is 0. The predicted octanol–water partition coefficient (Wildman–Crippen LogP) is 3.12. The summed E-state index contributed by atoms with van der Waals surface area (Å²) in [5.74, 6) is 0. The molecule has 0 aliphatic carbocycles. The summed E-state index contributed by atoms with van der Waals surface area (Å²) in [5.41, 5.74) is 5.92. The van der Waals surface area contributed by atoms with Crippen LogP contribution >= 0.6 is 0 Å². The first kappa shape index (κ1) is 10.0. The van der Waals surface area contributed by atoms with Crippen LogP contribution in [0.1, 0.15) is 0 Å². The second-order valence-electron chi connectivity index (χ2n) is 2.41. The van der Waals surface area contributed by atoms with Crippen LogP contribution in [0.4, 0.5) is 0 Å². The molecule has 0 radical (unpaired) electrons. The van der Waals surface area contributed by atoms with Crippen LogP contribution in [0.25, 0.3) is 0 Å². The highest BCUT2D eigenvalue weighted by atomic mass is 14.6. The Bertz CT molecular complexity index is 319. The Morgan fingerprint density at radius 3 is 2.07 bits per heavy atom. The molecule has 1 heterocycles. The van der Waals surface area contributed by atoms with E-state index in [1.807, 2.05) is 42.5 Å². The van der Waals surface area contributed by atoms with Crippen LogP contribution in [0.2, 0.25) is 0 Å². The summed E-state index contributed by atoms with van der Waals surface area (Å²) in [6.07, 6.45) is 20.1. The average molecular weight is 181 g/mol. The highest BCUT2D eigenvalue weighted by molar-refractivity contribution is 5.71. The van der Waals surface area contributed by atoms with Gasteiger partial charge in [0.2, 0.25) is 0 Å². The third-order valence-electron chi connectivity index (χ3n) is 1.34. The van der Waals surface area contributed by atoms with E-state index in [1.165, 1.54) is 0 Å². The number of nitrogens with zero attached hydrogens (tertiary/aromatic N) is 1. The van der Waals surface area contributed by atoms with Gasteiger partial charge < -0.3 is 0 Å². The lowest BCUT2D eigenvalue weighted by molar-refractivity contribution is 1.60. The van der Waals surface area contributed by atoms with Crippen molar-refractivity contribution in [3.8, 4) is 0 Å². The standard InChI is InChI=1S/C13H11N/c1-2-4-6-8-10-12-14-13-11-9-7-5-3-1/h1-6,9-13H/b3-1-,4-2-,13-11-,14-12-. The smallest absolute Gasteiger partial charge is 0.0344 e. The molecule has 1 aliphatic heterocycles. The molecule has 1 heteroatoms. The van der Waals surface area contributed by atoms with Gasteiger partial charge in [-0.25, -0.2) is 0 Å². The van der Waals surface area contributed by atoms with Gasteiger partial charge in [-0.3, -0.25) is 4.99 Å². The van der Waals surface area contributed by atoms with Crippen LogP contribution in [-0.4, -0.2) is 6.21 Å². The van der Waals surface area contributed by atoms with Gasteiger partial charge in [0, 0.05) is 12.4 Å². The predicted molar refractivity (Wildman–Crippen MR) is 61.2 cm³/mol. The van der Waals surface area contributed by atoms with Crippen LogP contribution in [-0.2, 0) is 0 Å². The second kappa shape index (κ2) is 7.57. The fourth-order valence-electron chi connectivity index (χ4n) is 0.746. The summed E-state index contributed by atoms with van der Waals surface area (Å²) in [6.45, 7) is 0. The van der Waals surface area contributed by atoms with Gasteiger partial charge in [0.15, 0.2) is 0 Å². The Morgan fingerprint density at radius 1 is 0.643 bits per heavy atom. The first-order valence-corrected chi connectivity index (χ1v) is 4.34. The molecule has 0 aromatic rings. The Kier molecular flexibility index (Phi) is 5.42. The third-order valence-corrected chi connectivity index (χ3v) is 1.34. The van der Waals surface area contributed by atoms with E-state index in [0.29, 0.717) is 0 Å². The van der Waals surface area contributed by atoms with E-state index in [-0.39, 0.29) is 0 Å². The van der Waals surface area contributed by atoms with Crippen molar-refractivity contribution >= 4 is 6.21 Å². The number of allylic oxidation sites excluding steroid dienone is 7. The molecule has 68 valence electrons. The Labute approximate surface area is 84.2 Å². The van der Waals surface area contributed by atoms with E-state index in [2.05, 4.69) is 16.5 Å². The summed E-state index contributed by atoms with van der Waals surface area (Å²) in [5, 5.41) is 0. The van der Waals surface area contributed by atoms with Crippen molar-refractivity contribution in [2.24, 2.45) is 4.99 Å². The van der Waals surface area contributed by atoms with Gasteiger partial charge in [-0.05, 0) is 30.4 Å². The topological polar surface area (TPSA) is 12.4 Å². The van der Waals surface area contributed by atoms with Crippen LogP contribution < -0.4 is 0 Å². The monoisotopic (exact) mass is 181 g/mol. The minimum atomic E-state index is 1.68. The molecular weight excluding hydrogens is 170 g/mol. The van der Waals surface area contributed by atoms with Crippen molar-refractivity contribution in [1.82, 2.24) is 0 Å². The minimum absolute atomic E-state index is 1.68. The van der Waals surface area contributed by atoms with Crippen molar-refractivity contribution in [1.29, 1.82) is 0 Å². The Hall–Kier alpha value is -2.07. The summed E-state index contributed by atoms with van der Waals surface area (Å²) < 4.78 is 0. The molecule has 0 aromatic heterocycles. The number of hydrogen-bond acceptors (Lipinski definition) is 1. The maximum atomic E-state index is 3.99. The quantitative estimate of drug-likeness (QED) is 0.509. The van der Waals surface area contributed by atoms with E-state index in [9.17, 15) is 0 Å². The van der Waals surface area contributed by atoms with Crippen molar-refractivity contribution in [3.63, 3.8) is 0 Å². The van der Waals surface area contributed by atoms with Gasteiger partial charge >= 0.3 is 0 Å². The number of rotatable bonds is 0. The van der Waals surface area contributed by atoms with Crippen molar-refractivity contribution in [2.75, 3.05) is 0 Å². The fraction of sp³-hybridized carbons (Fsp3) is 0. The van der Waals surface area contributed by atoms with Crippen LogP contribution in [0, 0.1) is 0 Å². The lowest BCUT2D eigenvalue weighted by Gasteiger charge is -1.73. The number of aliphatic imine (C=N–C) groups is 1. The van der Waals surface area contributed by atoms with Crippen LogP contribution in [0.3, 0.4) is 0 Å². The Balaban J connectivity index is 2.80. The molecule has 14 heavy (non-hydrogen) atoms. The van der Waals surface area contributed by atoms with Gasteiger partial charge in [-0.2, -0.15) is 0 Å². The molecule has 0 N–H and O–H groups in total. The molecule has 0 amide bonds. The van der Waals surface area contributed by atoms with E-state index >= 15 is 0 Å². The molecule has 0 unspecified atom stereocenters. The van der Waals surface area contributed by atoms with E-state index in [4.69, 9.17) is 0 Å². The van der Waals surface area contributed by atoms with Crippen LogP contribution in [0.5, 0.6) is 0 Å². The zero-order valence-electron chi connectivity index (χ0n) is 7.80. The molecule has 0 atom stereocenters. The molecular formula is C13H11N.